The van der Waals surface area contributed by atoms with Crippen molar-refractivity contribution in [1.82, 2.24) is 0 Å². The molecule has 4 rings (SSSR count). The molecule has 0 radical (unpaired) electrons. The second-order valence-corrected chi connectivity index (χ2v) is 9.22. The number of fused-ring (bicyclic) bond motifs is 4. The summed E-state index contributed by atoms with van der Waals surface area (Å²) in [6.07, 6.45) is 0.861. The van der Waals surface area contributed by atoms with Gasteiger partial charge in [-0.3, -0.25) is 0 Å². The summed E-state index contributed by atoms with van der Waals surface area (Å²) in [6, 6.07) is 3.43. The van der Waals surface area contributed by atoms with Crippen molar-refractivity contribution in [3.05, 3.63) is 34.9 Å². The number of benzene rings is 2. The van der Waals surface area contributed by atoms with E-state index in [2.05, 4.69) is 0 Å². The van der Waals surface area contributed by atoms with Gasteiger partial charge in [0, 0.05) is 34.6 Å². The molecular weight excluding hydrogens is 468 g/mol. The number of aromatic hydroxyl groups is 1. The number of carbonyl (C=O) groups excluding carboxylic acids is 1. The minimum absolute atomic E-state index is 0.0191. The van der Waals surface area contributed by atoms with Gasteiger partial charge in [0.25, 0.3) is 0 Å². The highest BCUT2D eigenvalue weighted by molar-refractivity contribution is 5.90. The van der Waals surface area contributed by atoms with Crippen LogP contribution in [0.4, 0.5) is 0 Å². The Morgan fingerprint density at radius 1 is 1.11 bits per heavy atom. The first-order valence-corrected chi connectivity index (χ1v) is 11.6. The number of ether oxygens (including phenoxy) is 6. The Bertz CT molecular complexity index is 1230. The molecule has 2 N–H and O–H groups in total. The second-order valence-electron chi connectivity index (χ2n) is 9.22. The zero-order valence-electron chi connectivity index (χ0n) is 21.6. The van der Waals surface area contributed by atoms with Gasteiger partial charge in [0.2, 0.25) is 18.3 Å². The molecule has 0 amide bonds. The maximum Gasteiger partial charge on any atom is 0.333 e. The third-order valence-corrected chi connectivity index (χ3v) is 7.11. The summed E-state index contributed by atoms with van der Waals surface area (Å²) in [4.78, 5) is 12.9. The van der Waals surface area contributed by atoms with Crippen LogP contribution in [-0.4, -0.2) is 49.9 Å². The number of aliphatic hydroxyl groups is 1. The third kappa shape index (κ3) is 3.97. The van der Waals surface area contributed by atoms with Gasteiger partial charge in [-0.2, -0.15) is 0 Å². The minimum atomic E-state index is -1.35. The molecule has 0 fully saturated rings. The highest BCUT2D eigenvalue weighted by Crippen LogP contribution is 2.58. The molecule has 0 saturated carbocycles. The van der Waals surface area contributed by atoms with Gasteiger partial charge in [0.15, 0.2) is 23.0 Å². The van der Waals surface area contributed by atoms with Crippen molar-refractivity contribution in [1.29, 1.82) is 0 Å². The van der Waals surface area contributed by atoms with Crippen LogP contribution in [0.5, 0.6) is 34.5 Å². The van der Waals surface area contributed by atoms with E-state index in [-0.39, 0.29) is 24.7 Å². The molecular formula is C27H32O9. The van der Waals surface area contributed by atoms with Crippen LogP contribution in [0.15, 0.2) is 23.8 Å². The number of hydrogen-bond acceptors (Lipinski definition) is 9. The monoisotopic (exact) mass is 500 g/mol. The fourth-order valence-electron chi connectivity index (χ4n) is 4.79. The molecule has 1 heterocycles. The van der Waals surface area contributed by atoms with Crippen LogP contribution >= 0.6 is 0 Å². The molecule has 1 aliphatic carbocycles. The van der Waals surface area contributed by atoms with Gasteiger partial charge in [-0.25, -0.2) is 4.79 Å². The van der Waals surface area contributed by atoms with Gasteiger partial charge in [-0.15, -0.1) is 0 Å². The lowest BCUT2D eigenvalue weighted by atomic mass is 9.73. The maximum absolute atomic E-state index is 12.9. The largest absolute Gasteiger partial charge is 0.504 e. The van der Waals surface area contributed by atoms with E-state index in [9.17, 15) is 15.0 Å². The van der Waals surface area contributed by atoms with E-state index >= 15 is 0 Å². The van der Waals surface area contributed by atoms with Crippen molar-refractivity contribution in [3.8, 4) is 45.6 Å². The van der Waals surface area contributed by atoms with Crippen LogP contribution in [-0.2, 0) is 16.0 Å². The number of phenolic OH excluding ortho intramolecular Hbond substituents is 1. The van der Waals surface area contributed by atoms with Gasteiger partial charge < -0.3 is 38.6 Å². The first-order valence-electron chi connectivity index (χ1n) is 11.6. The zero-order chi connectivity index (χ0) is 26.4. The molecule has 0 spiro atoms. The average Bonchev–Trinajstić information content (AvgIpc) is 3.32. The van der Waals surface area contributed by atoms with Crippen LogP contribution in [0, 0.1) is 5.92 Å². The Morgan fingerprint density at radius 3 is 2.42 bits per heavy atom. The van der Waals surface area contributed by atoms with Gasteiger partial charge in [0.05, 0.1) is 26.9 Å². The third-order valence-electron chi connectivity index (χ3n) is 7.11. The summed E-state index contributed by atoms with van der Waals surface area (Å²) in [5.41, 5.74) is 0.964. The van der Waals surface area contributed by atoms with E-state index in [0.717, 1.165) is 0 Å². The Balaban J connectivity index is 2.13. The lowest BCUT2D eigenvalue weighted by Crippen LogP contribution is -2.41. The molecule has 1 aliphatic heterocycles. The average molecular weight is 501 g/mol. The summed E-state index contributed by atoms with van der Waals surface area (Å²) in [5, 5.41) is 23.1. The maximum atomic E-state index is 12.9. The Labute approximate surface area is 210 Å². The molecule has 36 heavy (non-hydrogen) atoms. The number of rotatable bonds is 5. The van der Waals surface area contributed by atoms with E-state index in [1.165, 1.54) is 21.3 Å². The molecule has 2 aliphatic rings. The Hall–Kier alpha value is -3.59. The lowest BCUT2D eigenvalue weighted by molar-refractivity contribution is -0.153. The van der Waals surface area contributed by atoms with Crippen LogP contribution in [0.3, 0.4) is 0 Å². The molecule has 3 unspecified atom stereocenters. The highest BCUT2D eigenvalue weighted by Gasteiger charge is 2.44. The van der Waals surface area contributed by atoms with E-state index in [1.807, 2.05) is 6.92 Å². The SMILES string of the molecule is C/C=C(\C)C(=O)OC1c2cc3c(c(OC)c2-c2c(cc(OC)c(OC)c2O)CC(C)(O)C1C)OCO3. The number of esters is 1. The van der Waals surface area contributed by atoms with Gasteiger partial charge >= 0.3 is 5.97 Å². The van der Waals surface area contributed by atoms with Crippen molar-refractivity contribution < 1.29 is 43.4 Å². The number of methoxy groups -OCH3 is 3. The number of phenols is 1. The number of carbonyl (C=O) groups is 1. The van der Waals surface area contributed by atoms with Crippen LogP contribution in [0.1, 0.15) is 44.9 Å². The quantitative estimate of drug-likeness (QED) is 0.458. The van der Waals surface area contributed by atoms with Crippen LogP contribution in [0.25, 0.3) is 11.1 Å². The number of hydrogen-bond donors (Lipinski definition) is 2. The summed E-state index contributed by atoms with van der Waals surface area (Å²) in [5.74, 6) is 0.212. The normalized spacial score (nSPS) is 22.6. The summed E-state index contributed by atoms with van der Waals surface area (Å²) in [7, 11) is 4.38. The first kappa shape index (κ1) is 25.5. The van der Waals surface area contributed by atoms with Gasteiger partial charge in [-0.05, 0) is 38.5 Å². The van der Waals surface area contributed by atoms with Crippen molar-refractivity contribution in [2.45, 2.75) is 45.8 Å². The molecule has 2 aromatic rings. The smallest absolute Gasteiger partial charge is 0.333 e. The molecule has 2 aromatic carbocycles. The summed E-state index contributed by atoms with van der Waals surface area (Å²) < 4.78 is 34.1. The van der Waals surface area contributed by atoms with Gasteiger partial charge in [0.1, 0.15) is 6.10 Å². The van der Waals surface area contributed by atoms with E-state index in [0.29, 0.717) is 50.8 Å². The Kier molecular flexibility index (Phi) is 6.70. The van der Waals surface area contributed by atoms with Crippen molar-refractivity contribution in [3.63, 3.8) is 0 Å². The molecule has 0 saturated heterocycles. The van der Waals surface area contributed by atoms with E-state index < -0.39 is 23.6 Å². The summed E-state index contributed by atoms with van der Waals surface area (Å²) >= 11 is 0. The predicted octanol–water partition coefficient (Wildman–Crippen LogP) is 4.31. The highest BCUT2D eigenvalue weighted by atomic mass is 16.7. The van der Waals surface area contributed by atoms with E-state index in [4.69, 9.17) is 28.4 Å². The molecule has 9 heteroatoms. The fourth-order valence-corrected chi connectivity index (χ4v) is 4.79. The van der Waals surface area contributed by atoms with Crippen LogP contribution < -0.4 is 23.7 Å². The summed E-state index contributed by atoms with van der Waals surface area (Å²) in [6.45, 7) is 6.88. The molecule has 3 atom stereocenters. The molecule has 194 valence electrons. The molecule has 0 aromatic heterocycles. The van der Waals surface area contributed by atoms with E-state index in [1.54, 1.807) is 39.0 Å². The Morgan fingerprint density at radius 2 is 1.81 bits per heavy atom. The fraction of sp³-hybridized carbons (Fsp3) is 0.444. The number of allylic oxidation sites excluding steroid dienone is 1. The van der Waals surface area contributed by atoms with Crippen molar-refractivity contribution >= 4 is 5.97 Å². The standard InChI is InChI=1S/C27H32O9/c1-8-13(2)26(29)36-22-14(3)27(4,30)11-15-9-17(31-5)23(32-6)21(28)19(15)20-16(22)10-18-24(25(20)33-7)35-12-34-18/h8-10,14,22,28,30H,11-12H2,1-7H3/b13-8+. The van der Waals surface area contributed by atoms with Crippen molar-refractivity contribution in [2.24, 2.45) is 5.92 Å². The molecule has 9 nitrogen and oxygen atoms in total. The predicted molar refractivity (Wildman–Crippen MR) is 131 cm³/mol. The van der Waals surface area contributed by atoms with Crippen LogP contribution in [0.2, 0.25) is 0 Å². The second kappa shape index (κ2) is 9.46. The first-order chi connectivity index (χ1) is 17.1. The van der Waals surface area contributed by atoms with Gasteiger partial charge in [-0.1, -0.05) is 13.0 Å². The molecule has 0 bridgehead atoms. The zero-order valence-corrected chi connectivity index (χ0v) is 21.6. The minimum Gasteiger partial charge on any atom is -0.504 e. The topological polar surface area (TPSA) is 113 Å². The van der Waals surface area contributed by atoms with Crippen molar-refractivity contribution in [2.75, 3.05) is 28.1 Å². The lowest BCUT2D eigenvalue weighted by Gasteiger charge is -2.39.